The molecule has 0 spiro atoms. The number of carbonyl (C=O) groups is 1. The van der Waals surface area contributed by atoms with Gasteiger partial charge in [0.05, 0.1) is 0 Å². The van der Waals surface area contributed by atoms with Gasteiger partial charge in [0, 0.05) is 19.2 Å². The molecule has 0 saturated carbocycles. The smallest absolute Gasteiger partial charge is 0.410 e. The molecule has 1 N–H and O–H groups in total. The predicted molar refractivity (Wildman–Crippen MR) is 71.4 cm³/mol. The normalized spacial score (nSPS) is 21.8. The summed E-state index contributed by atoms with van der Waals surface area (Å²) in [6.45, 7) is 10.3. The zero-order valence-electron chi connectivity index (χ0n) is 11.7. The number of aliphatic hydroxyl groups is 1. The van der Waals surface area contributed by atoms with Crippen LogP contribution >= 0.6 is 0 Å². The van der Waals surface area contributed by atoms with Crippen LogP contribution in [0.25, 0.3) is 0 Å². The molecular formula is C14H25NO3. The van der Waals surface area contributed by atoms with Gasteiger partial charge in [-0.1, -0.05) is 6.08 Å². The average Bonchev–Trinajstić information content (AvgIpc) is 2.72. The average molecular weight is 255 g/mol. The third-order valence-electron chi connectivity index (χ3n) is 3.19. The molecule has 2 atom stereocenters. The van der Waals surface area contributed by atoms with Crippen molar-refractivity contribution in [1.29, 1.82) is 0 Å². The number of hydrogen-bond donors (Lipinski definition) is 1. The lowest BCUT2D eigenvalue weighted by Gasteiger charge is -2.31. The molecular weight excluding hydrogens is 230 g/mol. The van der Waals surface area contributed by atoms with Crippen molar-refractivity contribution in [2.24, 2.45) is 5.92 Å². The summed E-state index contributed by atoms with van der Waals surface area (Å²) >= 11 is 0. The van der Waals surface area contributed by atoms with Gasteiger partial charge >= 0.3 is 6.09 Å². The van der Waals surface area contributed by atoms with E-state index in [2.05, 4.69) is 6.58 Å². The van der Waals surface area contributed by atoms with Crippen molar-refractivity contribution in [2.75, 3.05) is 13.2 Å². The first-order valence-corrected chi connectivity index (χ1v) is 6.62. The molecule has 1 heterocycles. The predicted octanol–water partition coefficient (Wildman–Crippen LogP) is 2.57. The molecule has 1 aliphatic heterocycles. The second kappa shape index (κ2) is 6.23. The molecule has 0 radical (unpaired) electrons. The van der Waals surface area contributed by atoms with Crippen LogP contribution < -0.4 is 0 Å². The molecule has 1 saturated heterocycles. The van der Waals surface area contributed by atoms with Crippen LogP contribution in [-0.2, 0) is 4.74 Å². The number of nitrogens with zero attached hydrogens (tertiary/aromatic N) is 1. The Morgan fingerprint density at radius 1 is 1.61 bits per heavy atom. The van der Waals surface area contributed by atoms with Gasteiger partial charge in [0.15, 0.2) is 0 Å². The van der Waals surface area contributed by atoms with E-state index in [-0.39, 0.29) is 24.7 Å². The fourth-order valence-electron chi connectivity index (χ4n) is 2.40. The first-order valence-electron chi connectivity index (χ1n) is 6.62. The Kier molecular flexibility index (Phi) is 5.20. The summed E-state index contributed by atoms with van der Waals surface area (Å²) in [6, 6.07) is 0.115. The Morgan fingerprint density at radius 3 is 2.78 bits per heavy atom. The van der Waals surface area contributed by atoms with Crippen LogP contribution in [0, 0.1) is 5.92 Å². The third-order valence-corrected chi connectivity index (χ3v) is 3.19. The Labute approximate surface area is 110 Å². The molecule has 2 unspecified atom stereocenters. The van der Waals surface area contributed by atoms with Crippen LogP contribution in [0.15, 0.2) is 12.7 Å². The fraction of sp³-hybridized carbons (Fsp3) is 0.786. The fourth-order valence-corrected chi connectivity index (χ4v) is 2.40. The van der Waals surface area contributed by atoms with Crippen LogP contribution in [0.4, 0.5) is 4.79 Å². The second-order valence-electron chi connectivity index (χ2n) is 5.80. The van der Waals surface area contributed by atoms with E-state index in [4.69, 9.17) is 9.84 Å². The molecule has 1 amide bonds. The molecule has 1 aliphatic rings. The van der Waals surface area contributed by atoms with Crippen LogP contribution in [0.5, 0.6) is 0 Å². The number of aliphatic hydroxyl groups excluding tert-OH is 1. The maximum Gasteiger partial charge on any atom is 0.410 e. The summed E-state index contributed by atoms with van der Waals surface area (Å²) < 4.78 is 5.41. The summed E-state index contributed by atoms with van der Waals surface area (Å²) in [5.74, 6) is 0.144. The summed E-state index contributed by atoms with van der Waals surface area (Å²) in [5, 5.41) is 9.06. The maximum absolute atomic E-state index is 12.1. The van der Waals surface area contributed by atoms with Gasteiger partial charge in [-0.2, -0.15) is 0 Å². The molecule has 1 fully saturated rings. The van der Waals surface area contributed by atoms with Gasteiger partial charge in [-0.05, 0) is 46.0 Å². The molecule has 18 heavy (non-hydrogen) atoms. The zero-order valence-corrected chi connectivity index (χ0v) is 11.7. The highest BCUT2D eigenvalue weighted by molar-refractivity contribution is 5.69. The van der Waals surface area contributed by atoms with Gasteiger partial charge in [-0.25, -0.2) is 4.79 Å². The number of likely N-dealkylation sites (tertiary alicyclic amines) is 1. The van der Waals surface area contributed by atoms with Crippen molar-refractivity contribution in [3.8, 4) is 0 Å². The highest BCUT2D eigenvalue weighted by Crippen LogP contribution is 2.28. The van der Waals surface area contributed by atoms with Crippen molar-refractivity contribution in [3.63, 3.8) is 0 Å². The molecule has 0 aliphatic carbocycles. The quantitative estimate of drug-likeness (QED) is 0.785. The number of carbonyl (C=O) groups excluding carboxylic acids is 1. The Hall–Kier alpha value is -1.03. The number of ether oxygens (including phenoxy) is 1. The minimum Gasteiger partial charge on any atom is -0.444 e. The van der Waals surface area contributed by atoms with Crippen molar-refractivity contribution < 1.29 is 14.6 Å². The molecule has 4 heteroatoms. The SMILES string of the molecule is C=CC(CCO)C1CCCN1C(=O)OC(C)(C)C. The number of hydrogen-bond acceptors (Lipinski definition) is 3. The van der Waals surface area contributed by atoms with Gasteiger partial charge in [-0.15, -0.1) is 6.58 Å². The van der Waals surface area contributed by atoms with E-state index < -0.39 is 5.60 Å². The topological polar surface area (TPSA) is 49.8 Å². The second-order valence-corrected chi connectivity index (χ2v) is 5.80. The lowest BCUT2D eigenvalue weighted by molar-refractivity contribution is 0.0185. The largest absolute Gasteiger partial charge is 0.444 e. The van der Waals surface area contributed by atoms with Crippen molar-refractivity contribution >= 4 is 6.09 Å². The van der Waals surface area contributed by atoms with E-state index in [0.29, 0.717) is 6.42 Å². The van der Waals surface area contributed by atoms with Crippen molar-refractivity contribution in [2.45, 2.75) is 51.7 Å². The summed E-state index contributed by atoms with van der Waals surface area (Å²) in [5.41, 5.74) is -0.467. The van der Waals surface area contributed by atoms with Gasteiger partial charge < -0.3 is 14.7 Å². The van der Waals surface area contributed by atoms with E-state index in [1.165, 1.54) is 0 Å². The maximum atomic E-state index is 12.1. The van der Waals surface area contributed by atoms with Crippen LogP contribution in [-0.4, -0.2) is 40.9 Å². The number of amides is 1. The Morgan fingerprint density at radius 2 is 2.28 bits per heavy atom. The molecule has 4 nitrogen and oxygen atoms in total. The molecule has 0 aromatic carbocycles. The van der Waals surface area contributed by atoms with Gasteiger partial charge in [0.25, 0.3) is 0 Å². The molecule has 0 aromatic heterocycles. The monoisotopic (exact) mass is 255 g/mol. The van der Waals surface area contributed by atoms with E-state index in [0.717, 1.165) is 19.4 Å². The first-order chi connectivity index (χ1) is 8.39. The minimum atomic E-state index is -0.467. The van der Waals surface area contributed by atoms with E-state index in [9.17, 15) is 4.79 Å². The van der Waals surface area contributed by atoms with E-state index >= 15 is 0 Å². The minimum absolute atomic E-state index is 0.115. The van der Waals surface area contributed by atoms with E-state index in [1.807, 2.05) is 26.8 Å². The first kappa shape index (κ1) is 15.0. The highest BCUT2D eigenvalue weighted by Gasteiger charge is 2.35. The molecule has 0 bridgehead atoms. The van der Waals surface area contributed by atoms with Gasteiger partial charge in [0.2, 0.25) is 0 Å². The van der Waals surface area contributed by atoms with Gasteiger partial charge in [0.1, 0.15) is 5.60 Å². The summed E-state index contributed by atoms with van der Waals surface area (Å²) in [6.07, 6.45) is 4.17. The third kappa shape index (κ3) is 4.02. The van der Waals surface area contributed by atoms with Crippen molar-refractivity contribution in [1.82, 2.24) is 4.90 Å². The molecule has 104 valence electrons. The Bertz CT molecular complexity index is 296. The van der Waals surface area contributed by atoms with E-state index in [1.54, 1.807) is 4.90 Å². The molecule has 0 aromatic rings. The lowest BCUT2D eigenvalue weighted by atomic mass is 9.95. The lowest BCUT2D eigenvalue weighted by Crippen LogP contribution is -2.42. The highest BCUT2D eigenvalue weighted by atomic mass is 16.6. The Balaban J connectivity index is 2.69. The van der Waals surface area contributed by atoms with Crippen LogP contribution in [0.3, 0.4) is 0 Å². The number of rotatable bonds is 4. The van der Waals surface area contributed by atoms with Gasteiger partial charge in [-0.3, -0.25) is 0 Å². The zero-order chi connectivity index (χ0) is 13.8. The summed E-state index contributed by atoms with van der Waals surface area (Å²) in [7, 11) is 0. The van der Waals surface area contributed by atoms with Crippen LogP contribution in [0.1, 0.15) is 40.0 Å². The van der Waals surface area contributed by atoms with Crippen molar-refractivity contribution in [3.05, 3.63) is 12.7 Å². The standard InChI is InChI=1S/C14H25NO3/c1-5-11(8-10-16)12-7-6-9-15(12)13(17)18-14(2,3)4/h5,11-12,16H,1,6-10H2,2-4H3. The summed E-state index contributed by atoms with van der Waals surface area (Å²) in [4.78, 5) is 13.9. The van der Waals surface area contributed by atoms with Crippen LogP contribution in [0.2, 0.25) is 0 Å². The molecule has 1 rings (SSSR count).